The van der Waals surface area contributed by atoms with Crippen molar-refractivity contribution >= 4 is 29.3 Å². The van der Waals surface area contributed by atoms with Crippen molar-refractivity contribution in [1.82, 2.24) is 0 Å². The minimum absolute atomic E-state index is 0.302. The molecule has 0 aliphatic heterocycles. The molecule has 0 atom stereocenters. The molecule has 0 radical (unpaired) electrons. The van der Waals surface area contributed by atoms with Gasteiger partial charge in [0.05, 0.1) is 10.6 Å². The van der Waals surface area contributed by atoms with Crippen LogP contribution in [0.1, 0.15) is 10.4 Å². The second-order valence-corrected chi connectivity index (χ2v) is 2.67. The quantitative estimate of drug-likeness (QED) is 0.607. The van der Waals surface area contributed by atoms with Gasteiger partial charge in [0.2, 0.25) is 6.08 Å². The highest BCUT2D eigenvalue weighted by Gasteiger charge is 2.16. The fourth-order valence-electron chi connectivity index (χ4n) is 0.867. The Morgan fingerprint density at radius 1 is 1.57 bits per heavy atom. The maximum absolute atomic E-state index is 13.1. The molecule has 1 N–H and O–H groups in total. The van der Waals surface area contributed by atoms with E-state index in [2.05, 4.69) is 4.99 Å². The first-order valence-electron chi connectivity index (χ1n) is 3.37. The van der Waals surface area contributed by atoms with Crippen LogP contribution in [-0.4, -0.2) is 17.2 Å². The number of carboxylic acids is 1. The van der Waals surface area contributed by atoms with Gasteiger partial charge in [-0.15, -0.1) is 0 Å². The Hall–Kier alpha value is -1.71. The van der Waals surface area contributed by atoms with Gasteiger partial charge in [-0.1, -0.05) is 11.6 Å². The van der Waals surface area contributed by atoms with Crippen LogP contribution in [0.5, 0.6) is 0 Å². The lowest BCUT2D eigenvalue weighted by Crippen LogP contribution is -1.98. The average molecular weight is 216 g/mol. The lowest BCUT2D eigenvalue weighted by Gasteiger charge is -2.01. The van der Waals surface area contributed by atoms with Crippen molar-refractivity contribution in [2.75, 3.05) is 0 Å². The molecule has 0 aromatic heterocycles. The standard InChI is InChI=1S/C8H3ClFNO3/c9-5-2-1-4(8(13)14)7(6(5)10)11-3-12/h1-2H,(H,13,14). The van der Waals surface area contributed by atoms with Gasteiger partial charge < -0.3 is 5.11 Å². The van der Waals surface area contributed by atoms with E-state index in [0.717, 1.165) is 18.2 Å². The third kappa shape index (κ3) is 1.79. The molecule has 0 unspecified atom stereocenters. The number of isocyanates is 1. The van der Waals surface area contributed by atoms with Crippen LogP contribution in [0.2, 0.25) is 5.02 Å². The average Bonchev–Trinajstić information content (AvgIpc) is 2.13. The SMILES string of the molecule is O=C=Nc1c(C(=O)O)ccc(Cl)c1F. The molecular formula is C8H3ClFNO3. The van der Waals surface area contributed by atoms with Gasteiger partial charge in [0.1, 0.15) is 5.69 Å². The summed E-state index contributed by atoms with van der Waals surface area (Å²) in [4.78, 5) is 23.4. The molecule has 0 bridgehead atoms. The van der Waals surface area contributed by atoms with Crippen LogP contribution in [0.15, 0.2) is 17.1 Å². The number of benzene rings is 1. The molecule has 0 saturated heterocycles. The lowest BCUT2D eigenvalue weighted by atomic mass is 10.2. The van der Waals surface area contributed by atoms with Crippen molar-refractivity contribution in [2.24, 2.45) is 4.99 Å². The fourth-order valence-corrected chi connectivity index (χ4v) is 1.02. The van der Waals surface area contributed by atoms with Crippen LogP contribution in [0.25, 0.3) is 0 Å². The maximum Gasteiger partial charge on any atom is 0.338 e. The van der Waals surface area contributed by atoms with Gasteiger partial charge in [-0.05, 0) is 12.1 Å². The van der Waals surface area contributed by atoms with Crippen LogP contribution < -0.4 is 0 Å². The van der Waals surface area contributed by atoms with Gasteiger partial charge in [-0.25, -0.2) is 14.0 Å². The molecule has 4 nitrogen and oxygen atoms in total. The predicted molar refractivity (Wildman–Crippen MR) is 46.2 cm³/mol. The zero-order chi connectivity index (χ0) is 10.7. The van der Waals surface area contributed by atoms with E-state index in [1.807, 2.05) is 0 Å². The van der Waals surface area contributed by atoms with Gasteiger partial charge in [-0.2, -0.15) is 4.99 Å². The minimum atomic E-state index is -1.39. The molecular weight excluding hydrogens is 213 g/mol. The number of carbonyl (C=O) groups excluding carboxylic acids is 1. The van der Waals surface area contributed by atoms with Crippen LogP contribution in [-0.2, 0) is 4.79 Å². The van der Waals surface area contributed by atoms with Crippen LogP contribution in [0.3, 0.4) is 0 Å². The largest absolute Gasteiger partial charge is 0.478 e. The van der Waals surface area contributed by atoms with Gasteiger partial charge in [0.15, 0.2) is 5.82 Å². The summed E-state index contributed by atoms with van der Waals surface area (Å²) in [6.45, 7) is 0. The van der Waals surface area contributed by atoms with E-state index in [1.165, 1.54) is 0 Å². The Balaban J connectivity index is 3.52. The first-order valence-corrected chi connectivity index (χ1v) is 3.75. The number of aromatic carboxylic acids is 1. The second kappa shape index (κ2) is 4.00. The molecule has 0 amide bonds. The summed E-state index contributed by atoms with van der Waals surface area (Å²) in [7, 11) is 0. The molecule has 0 fully saturated rings. The highest BCUT2D eigenvalue weighted by molar-refractivity contribution is 6.31. The fraction of sp³-hybridized carbons (Fsp3) is 0. The van der Waals surface area contributed by atoms with Crippen LogP contribution in [0, 0.1) is 5.82 Å². The highest BCUT2D eigenvalue weighted by Crippen LogP contribution is 2.28. The van der Waals surface area contributed by atoms with E-state index in [-0.39, 0.29) is 5.02 Å². The Kier molecular flexibility index (Phi) is 2.96. The summed E-state index contributed by atoms with van der Waals surface area (Å²) in [5.41, 5.74) is -1.05. The summed E-state index contributed by atoms with van der Waals surface area (Å²) in [6.07, 6.45) is 1.06. The zero-order valence-corrected chi connectivity index (χ0v) is 7.38. The molecule has 1 aromatic rings. The Morgan fingerprint density at radius 2 is 2.21 bits per heavy atom. The van der Waals surface area contributed by atoms with E-state index in [1.54, 1.807) is 0 Å². The number of hydrogen-bond donors (Lipinski definition) is 1. The molecule has 6 heteroatoms. The second-order valence-electron chi connectivity index (χ2n) is 2.27. The van der Waals surface area contributed by atoms with Crippen LogP contribution in [0.4, 0.5) is 10.1 Å². The number of aliphatic imine (C=N–C) groups is 1. The van der Waals surface area contributed by atoms with Crippen molar-refractivity contribution < 1.29 is 19.1 Å². The molecule has 0 aliphatic carbocycles. The first-order chi connectivity index (χ1) is 6.57. The third-order valence-corrected chi connectivity index (χ3v) is 1.75. The molecule has 0 spiro atoms. The smallest absolute Gasteiger partial charge is 0.338 e. The van der Waals surface area contributed by atoms with Crippen molar-refractivity contribution in [3.05, 3.63) is 28.5 Å². The molecule has 0 aliphatic rings. The van der Waals surface area contributed by atoms with E-state index < -0.39 is 23.0 Å². The number of halogens is 2. The molecule has 1 aromatic carbocycles. The predicted octanol–water partition coefficient (Wildman–Crippen LogP) is 2.14. The summed E-state index contributed by atoms with van der Waals surface area (Å²) in [6, 6.07) is 2.13. The summed E-state index contributed by atoms with van der Waals surface area (Å²) in [5, 5.41) is 8.31. The minimum Gasteiger partial charge on any atom is -0.478 e. The van der Waals surface area contributed by atoms with Crippen molar-refractivity contribution in [3.63, 3.8) is 0 Å². The maximum atomic E-state index is 13.1. The topological polar surface area (TPSA) is 66.7 Å². The summed E-state index contributed by atoms with van der Waals surface area (Å²) >= 11 is 5.37. The molecule has 72 valence electrons. The van der Waals surface area contributed by atoms with Crippen LogP contribution >= 0.6 is 11.6 Å². The van der Waals surface area contributed by atoms with Crippen molar-refractivity contribution in [2.45, 2.75) is 0 Å². The van der Waals surface area contributed by atoms with Gasteiger partial charge in [0.25, 0.3) is 0 Å². The number of hydrogen-bond acceptors (Lipinski definition) is 3. The number of carboxylic acid groups (broad SMARTS) is 1. The van der Waals surface area contributed by atoms with E-state index in [9.17, 15) is 14.0 Å². The number of rotatable bonds is 2. The van der Waals surface area contributed by atoms with Gasteiger partial charge >= 0.3 is 5.97 Å². The normalized spacial score (nSPS) is 9.29. The Bertz CT molecular complexity index is 440. The summed E-state index contributed by atoms with van der Waals surface area (Å²) < 4.78 is 13.1. The number of carbonyl (C=O) groups is 1. The monoisotopic (exact) mass is 215 g/mol. The zero-order valence-electron chi connectivity index (χ0n) is 6.62. The summed E-state index contributed by atoms with van der Waals surface area (Å²) in [5.74, 6) is -2.44. The van der Waals surface area contributed by atoms with E-state index >= 15 is 0 Å². The first kappa shape index (κ1) is 10.4. The molecule has 0 saturated carbocycles. The van der Waals surface area contributed by atoms with E-state index in [0.29, 0.717) is 0 Å². The highest BCUT2D eigenvalue weighted by atomic mass is 35.5. The molecule has 14 heavy (non-hydrogen) atoms. The van der Waals surface area contributed by atoms with Gasteiger partial charge in [-0.3, -0.25) is 0 Å². The Morgan fingerprint density at radius 3 is 2.71 bits per heavy atom. The van der Waals surface area contributed by atoms with Crippen molar-refractivity contribution in [3.8, 4) is 0 Å². The molecule has 0 heterocycles. The number of nitrogens with zero attached hydrogens (tertiary/aromatic N) is 1. The molecule has 1 rings (SSSR count). The van der Waals surface area contributed by atoms with E-state index in [4.69, 9.17) is 16.7 Å². The van der Waals surface area contributed by atoms with Gasteiger partial charge in [0, 0.05) is 0 Å². The third-order valence-electron chi connectivity index (χ3n) is 1.46. The lowest BCUT2D eigenvalue weighted by molar-refractivity contribution is 0.0697. The Labute approximate surface area is 82.6 Å². The van der Waals surface area contributed by atoms with Crippen molar-refractivity contribution in [1.29, 1.82) is 0 Å².